The van der Waals surface area contributed by atoms with Crippen molar-refractivity contribution in [2.75, 3.05) is 52.9 Å². The van der Waals surface area contributed by atoms with E-state index in [0.29, 0.717) is 6.10 Å². The summed E-state index contributed by atoms with van der Waals surface area (Å²) in [5, 5.41) is 3.64. The monoisotopic (exact) mass is 255 g/mol. The van der Waals surface area contributed by atoms with Gasteiger partial charge in [0.15, 0.2) is 0 Å². The Kier molecular flexibility index (Phi) is 5.89. The number of ether oxygens (including phenoxy) is 1. The van der Waals surface area contributed by atoms with Crippen LogP contribution in [-0.2, 0) is 4.74 Å². The van der Waals surface area contributed by atoms with Gasteiger partial charge in [-0.1, -0.05) is 6.92 Å². The number of piperidine rings is 1. The molecule has 2 aliphatic heterocycles. The molecule has 1 unspecified atom stereocenters. The normalized spacial score (nSPS) is 28.7. The van der Waals surface area contributed by atoms with Gasteiger partial charge in [-0.05, 0) is 45.9 Å². The Morgan fingerprint density at radius 1 is 1.22 bits per heavy atom. The topological polar surface area (TPSA) is 27.7 Å². The Labute approximate surface area is 112 Å². The molecule has 0 bridgehead atoms. The molecular formula is C14H29N3O. The van der Waals surface area contributed by atoms with Gasteiger partial charge >= 0.3 is 0 Å². The molecule has 106 valence electrons. The highest BCUT2D eigenvalue weighted by atomic mass is 16.5. The molecule has 0 aromatic carbocycles. The van der Waals surface area contributed by atoms with Gasteiger partial charge in [0, 0.05) is 25.7 Å². The van der Waals surface area contributed by atoms with Gasteiger partial charge in [-0.15, -0.1) is 0 Å². The van der Waals surface area contributed by atoms with Crippen molar-refractivity contribution in [2.24, 2.45) is 0 Å². The standard InChI is InChI=1S/C14H29N3O/c1-3-6-15-13-4-7-17(8-5-13)12-14-11-16(2)9-10-18-14/h13-15H,3-12H2,1-2H3. The smallest absolute Gasteiger partial charge is 0.0829 e. The largest absolute Gasteiger partial charge is 0.374 e. The van der Waals surface area contributed by atoms with Crippen LogP contribution in [0.5, 0.6) is 0 Å². The molecule has 0 spiro atoms. The third-order valence-electron chi connectivity index (χ3n) is 4.07. The summed E-state index contributed by atoms with van der Waals surface area (Å²) in [6.07, 6.45) is 4.25. The van der Waals surface area contributed by atoms with E-state index in [0.717, 1.165) is 32.3 Å². The van der Waals surface area contributed by atoms with E-state index in [1.807, 2.05) is 0 Å². The van der Waals surface area contributed by atoms with Crippen molar-refractivity contribution in [1.82, 2.24) is 15.1 Å². The first-order chi connectivity index (χ1) is 8.78. The van der Waals surface area contributed by atoms with E-state index >= 15 is 0 Å². The fourth-order valence-corrected chi connectivity index (χ4v) is 2.93. The lowest BCUT2D eigenvalue weighted by molar-refractivity contribution is -0.0385. The summed E-state index contributed by atoms with van der Waals surface area (Å²) in [5.41, 5.74) is 0. The van der Waals surface area contributed by atoms with E-state index < -0.39 is 0 Å². The SMILES string of the molecule is CCCNC1CCN(CC2CN(C)CCO2)CC1. The zero-order valence-electron chi connectivity index (χ0n) is 12.0. The number of likely N-dealkylation sites (N-methyl/N-ethyl adjacent to an activating group) is 1. The second kappa shape index (κ2) is 7.43. The number of rotatable bonds is 5. The Bertz CT molecular complexity index is 229. The van der Waals surface area contributed by atoms with Crippen LogP contribution in [0.3, 0.4) is 0 Å². The summed E-state index contributed by atoms with van der Waals surface area (Å²) in [6, 6.07) is 0.746. The molecule has 1 N–H and O–H groups in total. The van der Waals surface area contributed by atoms with Crippen molar-refractivity contribution in [1.29, 1.82) is 0 Å². The first-order valence-corrected chi connectivity index (χ1v) is 7.54. The molecular weight excluding hydrogens is 226 g/mol. The van der Waals surface area contributed by atoms with E-state index in [4.69, 9.17) is 4.74 Å². The molecule has 2 heterocycles. The maximum atomic E-state index is 5.84. The fourth-order valence-electron chi connectivity index (χ4n) is 2.93. The summed E-state index contributed by atoms with van der Waals surface area (Å²) in [6.45, 7) is 10.0. The molecule has 0 aliphatic carbocycles. The fraction of sp³-hybridized carbons (Fsp3) is 1.00. The highest BCUT2D eigenvalue weighted by Crippen LogP contribution is 2.13. The summed E-state index contributed by atoms with van der Waals surface area (Å²) in [7, 11) is 2.19. The van der Waals surface area contributed by atoms with Crippen LogP contribution in [-0.4, -0.2) is 74.9 Å². The predicted octanol–water partition coefficient (Wildman–Crippen LogP) is 0.781. The summed E-state index contributed by atoms with van der Waals surface area (Å²) < 4.78 is 5.84. The average Bonchev–Trinajstić information content (AvgIpc) is 2.38. The van der Waals surface area contributed by atoms with Crippen LogP contribution in [0.1, 0.15) is 26.2 Å². The Morgan fingerprint density at radius 3 is 2.67 bits per heavy atom. The summed E-state index contributed by atoms with van der Waals surface area (Å²) >= 11 is 0. The van der Waals surface area contributed by atoms with Crippen LogP contribution in [0.2, 0.25) is 0 Å². The third-order valence-corrected chi connectivity index (χ3v) is 4.07. The van der Waals surface area contributed by atoms with Crippen molar-refractivity contribution < 1.29 is 4.74 Å². The quantitative estimate of drug-likeness (QED) is 0.786. The maximum Gasteiger partial charge on any atom is 0.0829 e. The third kappa shape index (κ3) is 4.50. The van der Waals surface area contributed by atoms with Gasteiger partial charge in [0.25, 0.3) is 0 Å². The Morgan fingerprint density at radius 2 is 2.00 bits per heavy atom. The molecule has 0 amide bonds. The minimum absolute atomic E-state index is 0.420. The Hall–Kier alpha value is -0.160. The van der Waals surface area contributed by atoms with E-state index in [9.17, 15) is 0 Å². The first-order valence-electron chi connectivity index (χ1n) is 7.54. The lowest BCUT2D eigenvalue weighted by atomic mass is 10.0. The summed E-state index contributed by atoms with van der Waals surface area (Å²) in [5.74, 6) is 0. The van der Waals surface area contributed by atoms with Crippen LogP contribution in [0.15, 0.2) is 0 Å². The average molecular weight is 255 g/mol. The molecule has 1 atom stereocenters. The molecule has 2 rings (SSSR count). The second-order valence-corrected chi connectivity index (χ2v) is 5.78. The second-order valence-electron chi connectivity index (χ2n) is 5.78. The highest BCUT2D eigenvalue weighted by molar-refractivity contribution is 4.80. The van der Waals surface area contributed by atoms with Crippen LogP contribution in [0.25, 0.3) is 0 Å². The van der Waals surface area contributed by atoms with Crippen molar-refractivity contribution in [3.05, 3.63) is 0 Å². The van der Waals surface area contributed by atoms with Gasteiger partial charge in [0.05, 0.1) is 12.7 Å². The van der Waals surface area contributed by atoms with Gasteiger partial charge in [-0.2, -0.15) is 0 Å². The van der Waals surface area contributed by atoms with Crippen molar-refractivity contribution >= 4 is 0 Å². The molecule has 4 heteroatoms. The van der Waals surface area contributed by atoms with Crippen LogP contribution < -0.4 is 5.32 Å². The van der Waals surface area contributed by atoms with Crippen LogP contribution >= 0.6 is 0 Å². The van der Waals surface area contributed by atoms with Crippen molar-refractivity contribution in [2.45, 2.75) is 38.3 Å². The number of nitrogens with one attached hydrogen (secondary N) is 1. The van der Waals surface area contributed by atoms with Gasteiger partial charge in [-0.3, -0.25) is 0 Å². The number of likely N-dealkylation sites (tertiary alicyclic amines) is 1. The zero-order valence-corrected chi connectivity index (χ0v) is 12.0. The molecule has 18 heavy (non-hydrogen) atoms. The number of hydrogen-bond acceptors (Lipinski definition) is 4. The van der Waals surface area contributed by atoms with E-state index in [-0.39, 0.29) is 0 Å². The molecule has 2 saturated heterocycles. The van der Waals surface area contributed by atoms with Gasteiger partial charge in [0.2, 0.25) is 0 Å². The molecule has 0 radical (unpaired) electrons. The van der Waals surface area contributed by atoms with Gasteiger partial charge < -0.3 is 19.9 Å². The van der Waals surface area contributed by atoms with Gasteiger partial charge in [0.1, 0.15) is 0 Å². The van der Waals surface area contributed by atoms with Crippen LogP contribution in [0, 0.1) is 0 Å². The lowest BCUT2D eigenvalue weighted by Crippen LogP contribution is -2.49. The molecule has 0 aromatic heterocycles. The number of morpholine rings is 1. The summed E-state index contributed by atoms with van der Waals surface area (Å²) in [4.78, 5) is 4.96. The van der Waals surface area contributed by atoms with Gasteiger partial charge in [-0.25, -0.2) is 0 Å². The molecule has 2 aliphatic rings. The lowest BCUT2D eigenvalue weighted by Gasteiger charge is -2.37. The predicted molar refractivity (Wildman–Crippen MR) is 75.0 cm³/mol. The molecule has 0 aromatic rings. The van der Waals surface area contributed by atoms with Crippen LogP contribution in [0.4, 0.5) is 0 Å². The van der Waals surface area contributed by atoms with E-state index in [2.05, 4.69) is 29.1 Å². The molecule has 4 nitrogen and oxygen atoms in total. The first kappa shape index (κ1) is 14.3. The number of hydrogen-bond donors (Lipinski definition) is 1. The van der Waals surface area contributed by atoms with E-state index in [1.165, 1.54) is 38.9 Å². The minimum Gasteiger partial charge on any atom is -0.374 e. The van der Waals surface area contributed by atoms with Crippen molar-refractivity contribution in [3.8, 4) is 0 Å². The number of nitrogens with zero attached hydrogens (tertiary/aromatic N) is 2. The Balaban J connectivity index is 1.63. The molecule has 0 saturated carbocycles. The minimum atomic E-state index is 0.420. The molecule has 2 fully saturated rings. The highest BCUT2D eigenvalue weighted by Gasteiger charge is 2.24. The van der Waals surface area contributed by atoms with Crippen molar-refractivity contribution in [3.63, 3.8) is 0 Å². The maximum absolute atomic E-state index is 5.84. The van der Waals surface area contributed by atoms with E-state index in [1.54, 1.807) is 0 Å². The zero-order chi connectivity index (χ0) is 12.8.